The fraction of sp³-hybridized carbons (Fsp3) is 0.320. The van der Waals surface area contributed by atoms with Crippen LogP contribution in [-0.4, -0.2) is 78.9 Å². The Balaban J connectivity index is 1.32. The molecule has 0 bridgehead atoms. The fourth-order valence-corrected chi connectivity index (χ4v) is 5.15. The predicted octanol–water partition coefficient (Wildman–Crippen LogP) is 3.69. The van der Waals surface area contributed by atoms with E-state index in [4.69, 9.17) is 23.2 Å². The van der Waals surface area contributed by atoms with Crippen molar-refractivity contribution in [3.05, 3.63) is 64.3 Å². The first-order chi connectivity index (χ1) is 17.4. The van der Waals surface area contributed by atoms with E-state index in [-0.39, 0.29) is 25.2 Å². The van der Waals surface area contributed by atoms with Crippen LogP contribution in [0.4, 0.5) is 28.8 Å². The van der Waals surface area contributed by atoms with Crippen LogP contribution in [0, 0.1) is 0 Å². The molecule has 3 aromatic rings. The van der Waals surface area contributed by atoms with Gasteiger partial charge in [-0.25, -0.2) is 4.98 Å². The minimum atomic E-state index is -0.262. The van der Waals surface area contributed by atoms with Gasteiger partial charge in [0.25, 0.3) is 5.91 Å². The van der Waals surface area contributed by atoms with Gasteiger partial charge in [-0.1, -0.05) is 29.3 Å². The van der Waals surface area contributed by atoms with Crippen LogP contribution in [0.25, 0.3) is 0 Å². The number of hydrogen-bond donors (Lipinski definition) is 2. The zero-order valence-corrected chi connectivity index (χ0v) is 21.5. The van der Waals surface area contributed by atoms with Crippen LogP contribution in [0.2, 0.25) is 10.0 Å². The van der Waals surface area contributed by atoms with E-state index in [9.17, 15) is 9.90 Å². The van der Waals surface area contributed by atoms with Gasteiger partial charge in [0.05, 0.1) is 35.1 Å². The molecule has 2 aliphatic heterocycles. The summed E-state index contributed by atoms with van der Waals surface area (Å²) in [6, 6.07) is 13.3. The highest BCUT2D eigenvalue weighted by Crippen LogP contribution is 2.37. The van der Waals surface area contributed by atoms with Gasteiger partial charge >= 0.3 is 0 Å². The Bertz CT molecular complexity index is 1250. The van der Waals surface area contributed by atoms with Gasteiger partial charge in [0.2, 0.25) is 5.95 Å². The van der Waals surface area contributed by atoms with Gasteiger partial charge in [0.1, 0.15) is 11.4 Å². The lowest BCUT2D eigenvalue weighted by Crippen LogP contribution is -2.53. The van der Waals surface area contributed by atoms with Crippen LogP contribution in [0.15, 0.2) is 48.7 Å². The van der Waals surface area contributed by atoms with Crippen LogP contribution < -0.4 is 20.0 Å². The third-order valence-corrected chi connectivity index (χ3v) is 7.25. The first-order valence-corrected chi connectivity index (χ1v) is 12.4. The third kappa shape index (κ3) is 4.67. The molecule has 1 fully saturated rings. The average Bonchev–Trinajstić information content (AvgIpc) is 2.87. The number of carbonyl (C=O) groups is 1. The van der Waals surface area contributed by atoms with E-state index in [0.717, 1.165) is 31.0 Å². The molecular weight excluding hydrogens is 501 g/mol. The van der Waals surface area contributed by atoms with Gasteiger partial charge < -0.3 is 20.2 Å². The Morgan fingerprint density at radius 1 is 1.08 bits per heavy atom. The molecule has 1 saturated heterocycles. The Morgan fingerprint density at radius 2 is 1.81 bits per heavy atom. The summed E-state index contributed by atoms with van der Waals surface area (Å²) in [6.07, 6.45) is 1.52. The molecule has 2 aromatic carbocycles. The second kappa shape index (κ2) is 10.1. The molecule has 188 valence electrons. The van der Waals surface area contributed by atoms with Gasteiger partial charge in [-0.2, -0.15) is 4.98 Å². The lowest BCUT2D eigenvalue weighted by atomic mass is 10.1. The standard InChI is InChI=1S/C25H27Cl2N7O2/c1-31-10-11-33(13-18(31)14-35)17-8-6-16(7-9-17)29-25-28-12-19-23(30-25)32(2)15-34(24(19)36)22-20(26)4-3-5-21(22)27/h3-9,12,18,35H,10-11,13-15H2,1-2H3,(H,28,29,30). The summed E-state index contributed by atoms with van der Waals surface area (Å²) in [7, 11) is 3.89. The number of benzene rings is 2. The van der Waals surface area contributed by atoms with Crippen molar-refractivity contribution in [2.75, 3.05) is 67.0 Å². The Hall–Kier alpha value is -3.11. The van der Waals surface area contributed by atoms with Crippen molar-refractivity contribution in [1.82, 2.24) is 14.9 Å². The Morgan fingerprint density at radius 3 is 2.50 bits per heavy atom. The van der Waals surface area contributed by atoms with Crippen LogP contribution >= 0.6 is 23.2 Å². The molecular formula is C25H27Cl2N7O2. The van der Waals surface area contributed by atoms with Crippen molar-refractivity contribution < 1.29 is 9.90 Å². The zero-order chi connectivity index (χ0) is 25.4. The van der Waals surface area contributed by atoms with Crippen LogP contribution in [-0.2, 0) is 0 Å². The molecule has 5 rings (SSSR count). The number of nitrogens with one attached hydrogen (secondary N) is 1. The minimum Gasteiger partial charge on any atom is -0.395 e. The second-order valence-corrected chi connectivity index (χ2v) is 9.82. The number of rotatable bonds is 5. The number of aromatic nitrogens is 2. The molecule has 0 spiro atoms. The maximum Gasteiger partial charge on any atom is 0.265 e. The highest BCUT2D eigenvalue weighted by molar-refractivity contribution is 6.40. The molecule has 1 amide bonds. The lowest BCUT2D eigenvalue weighted by molar-refractivity contribution is 0.0982. The number of hydrogen-bond acceptors (Lipinski definition) is 8. The van der Waals surface area contributed by atoms with E-state index in [2.05, 4.69) is 25.1 Å². The number of piperazine rings is 1. The summed E-state index contributed by atoms with van der Waals surface area (Å²) in [4.78, 5) is 30.1. The van der Waals surface area contributed by atoms with E-state index in [1.807, 2.05) is 43.3 Å². The molecule has 3 heterocycles. The van der Waals surface area contributed by atoms with Gasteiger partial charge in [0, 0.05) is 44.3 Å². The van der Waals surface area contributed by atoms with Gasteiger partial charge in [-0.05, 0) is 43.4 Å². The van der Waals surface area contributed by atoms with Gasteiger partial charge in [0.15, 0.2) is 0 Å². The summed E-state index contributed by atoms with van der Waals surface area (Å²) in [5, 5.41) is 13.6. The quantitative estimate of drug-likeness (QED) is 0.519. The van der Waals surface area contributed by atoms with E-state index in [1.54, 1.807) is 18.2 Å². The lowest BCUT2D eigenvalue weighted by Gasteiger charge is -2.39. The number of amides is 1. The highest BCUT2D eigenvalue weighted by atomic mass is 35.5. The molecule has 0 radical (unpaired) electrons. The van der Waals surface area contributed by atoms with Crippen molar-refractivity contribution in [3.8, 4) is 0 Å². The second-order valence-electron chi connectivity index (χ2n) is 9.01. The minimum absolute atomic E-state index is 0.130. The topological polar surface area (TPSA) is 88.1 Å². The number of carbonyl (C=O) groups excluding carboxylic acids is 1. The van der Waals surface area contributed by atoms with Crippen LogP contribution in [0.3, 0.4) is 0 Å². The number of anilines is 5. The molecule has 0 aliphatic carbocycles. The normalized spacial score (nSPS) is 18.4. The largest absolute Gasteiger partial charge is 0.395 e. The molecule has 1 atom stereocenters. The monoisotopic (exact) mass is 527 g/mol. The van der Waals surface area contributed by atoms with Gasteiger partial charge in [-0.15, -0.1) is 0 Å². The summed E-state index contributed by atoms with van der Waals surface area (Å²) in [6.45, 7) is 2.98. The number of para-hydroxylation sites is 1. The number of likely N-dealkylation sites (N-methyl/N-ethyl adjacent to an activating group) is 1. The molecule has 0 saturated carbocycles. The first-order valence-electron chi connectivity index (χ1n) is 11.6. The van der Waals surface area contributed by atoms with Crippen LogP contribution in [0.1, 0.15) is 10.4 Å². The fourth-order valence-electron chi connectivity index (χ4n) is 4.55. The molecule has 1 aromatic heterocycles. The maximum absolute atomic E-state index is 13.2. The number of aliphatic hydroxyl groups is 1. The van der Waals surface area contributed by atoms with E-state index in [0.29, 0.717) is 33.1 Å². The highest BCUT2D eigenvalue weighted by Gasteiger charge is 2.32. The molecule has 2 aliphatic rings. The molecule has 2 N–H and O–H groups in total. The number of nitrogens with zero attached hydrogens (tertiary/aromatic N) is 6. The SMILES string of the molecule is CN1CN(c2c(Cl)cccc2Cl)C(=O)c2cnc(Nc3ccc(N4CCN(C)C(CO)C4)cc3)nc21. The number of halogens is 2. The summed E-state index contributed by atoms with van der Waals surface area (Å²) < 4.78 is 0. The summed E-state index contributed by atoms with van der Waals surface area (Å²) >= 11 is 12.7. The molecule has 9 nitrogen and oxygen atoms in total. The van der Waals surface area contributed by atoms with Crippen molar-refractivity contribution in [3.63, 3.8) is 0 Å². The van der Waals surface area contributed by atoms with E-state index in [1.165, 1.54) is 11.1 Å². The average molecular weight is 528 g/mol. The molecule has 11 heteroatoms. The number of fused-ring (bicyclic) bond motifs is 1. The van der Waals surface area contributed by atoms with Gasteiger partial charge in [-0.3, -0.25) is 14.6 Å². The van der Waals surface area contributed by atoms with Crippen molar-refractivity contribution in [2.45, 2.75) is 6.04 Å². The number of aliphatic hydroxyl groups excluding tert-OH is 1. The predicted molar refractivity (Wildman–Crippen MR) is 144 cm³/mol. The van der Waals surface area contributed by atoms with Crippen LogP contribution in [0.5, 0.6) is 0 Å². The molecule has 1 unspecified atom stereocenters. The Labute approximate surface area is 219 Å². The van der Waals surface area contributed by atoms with Crippen molar-refractivity contribution in [1.29, 1.82) is 0 Å². The van der Waals surface area contributed by atoms with Crippen molar-refractivity contribution >= 4 is 57.9 Å². The van der Waals surface area contributed by atoms with E-state index >= 15 is 0 Å². The maximum atomic E-state index is 13.2. The third-order valence-electron chi connectivity index (χ3n) is 6.64. The summed E-state index contributed by atoms with van der Waals surface area (Å²) in [5.41, 5.74) is 2.77. The smallest absolute Gasteiger partial charge is 0.265 e. The molecule has 36 heavy (non-hydrogen) atoms. The summed E-state index contributed by atoms with van der Waals surface area (Å²) in [5.74, 6) is 0.661. The van der Waals surface area contributed by atoms with Crippen molar-refractivity contribution in [2.24, 2.45) is 0 Å². The first kappa shape index (κ1) is 24.6. The Kier molecular flexibility index (Phi) is 6.90. The zero-order valence-electron chi connectivity index (χ0n) is 20.0. The van der Waals surface area contributed by atoms with E-state index < -0.39 is 0 Å².